The van der Waals surface area contributed by atoms with E-state index in [1.165, 1.54) is 12.5 Å². The zero-order chi connectivity index (χ0) is 17.5. The molecule has 2 atom stereocenters. The van der Waals surface area contributed by atoms with Gasteiger partial charge in [0.15, 0.2) is 6.10 Å². The van der Waals surface area contributed by atoms with E-state index in [0.29, 0.717) is 0 Å². The van der Waals surface area contributed by atoms with E-state index in [9.17, 15) is 9.59 Å². The Hall–Kier alpha value is -1.84. The molecule has 2 unspecified atom stereocenters. The van der Waals surface area contributed by atoms with E-state index < -0.39 is 17.6 Å². The van der Waals surface area contributed by atoms with Crippen molar-refractivity contribution in [1.82, 2.24) is 0 Å². The maximum atomic E-state index is 12.8. The molecule has 0 radical (unpaired) electrons. The molecule has 1 spiro atoms. The molecule has 0 aromatic heterocycles. The van der Waals surface area contributed by atoms with Crippen LogP contribution in [0.25, 0.3) is 0 Å². The van der Waals surface area contributed by atoms with Crippen LogP contribution in [0.4, 0.5) is 0 Å². The van der Waals surface area contributed by atoms with Crippen LogP contribution in [0.3, 0.4) is 0 Å². The summed E-state index contributed by atoms with van der Waals surface area (Å²) in [4.78, 5) is 24.5. The summed E-state index contributed by atoms with van der Waals surface area (Å²) in [5, 5.41) is 0. The lowest BCUT2D eigenvalue weighted by Gasteiger charge is -2.37. The summed E-state index contributed by atoms with van der Waals surface area (Å²) in [6.45, 7) is 7.51. The molecule has 1 saturated heterocycles. The van der Waals surface area contributed by atoms with E-state index >= 15 is 0 Å². The Morgan fingerprint density at radius 2 is 1.71 bits per heavy atom. The normalized spacial score (nSPS) is 25.6. The average Bonchev–Trinajstić information content (AvgIpc) is 2.75. The van der Waals surface area contributed by atoms with Crippen molar-refractivity contribution in [3.8, 4) is 0 Å². The summed E-state index contributed by atoms with van der Waals surface area (Å²) >= 11 is 0. The van der Waals surface area contributed by atoms with E-state index in [2.05, 4.69) is 19.1 Å². The van der Waals surface area contributed by atoms with Crippen LogP contribution in [0.1, 0.15) is 67.2 Å². The minimum Gasteiger partial charge on any atom is -0.457 e. The number of benzene rings is 1. The van der Waals surface area contributed by atoms with E-state index in [4.69, 9.17) is 9.47 Å². The molecule has 3 rings (SSSR count). The van der Waals surface area contributed by atoms with E-state index in [-0.39, 0.29) is 11.9 Å². The predicted molar refractivity (Wildman–Crippen MR) is 90.9 cm³/mol. The zero-order valence-corrected chi connectivity index (χ0v) is 15.0. The fourth-order valence-corrected chi connectivity index (χ4v) is 4.25. The van der Waals surface area contributed by atoms with Crippen LogP contribution in [0.15, 0.2) is 12.1 Å². The molecule has 1 aromatic carbocycles. The van der Waals surface area contributed by atoms with Crippen LogP contribution in [-0.4, -0.2) is 23.6 Å². The predicted octanol–water partition coefficient (Wildman–Crippen LogP) is 3.89. The Kier molecular flexibility index (Phi) is 4.41. The molecular formula is C20H26O4. The zero-order valence-electron chi connectivity index (χ0n) is 15.0. The molecule has 1 saturated carbocycles. The maximum Gasteiger partial charge on any atom is 0.318 e. The van der Waals surface area contributed by atoms with E-state index in [1.54, 1.807) is 0 Å². The average molecular weight is 330 g/mol. The highest BCUT2D eigenvalue weighted by molar-refractivity contribution is 5.84. The molecule has 1 aliphatic heterocycles. The summed E-state index contributed by atoms with van der Waals surface area (Å²) in [5.41, 5.74) is 3.66. The topological polar surface area (TPSA) is 52.6 Å². The second kappa shape index (κ2) is 6.23. The molecule has 24 heavy (non-hydrogen) atoms. The summed E-state index contributed by atoms with van der Waals surface area (Å²) in [7, 11) is 0. The van der Waals surface area contributed by atoms with Gasteiger partial charge in [-0.2, -0.15) is 0 Å². The van der Waals surface area contributed by atoms with Crippen molar-refractivity contribution in [3.05, 3.63) is 34.4 Å². The van der Waals surface area contributed by atoms with Crippen molar-refractivity contribution in [2.45, 2.75) is 77.4 Å². The summed E-state index contributed by atoms with van der Waals surface area (Å²) in [6.07, 6.45) is 4.17. The molecule has 130 valence electrons. The van der Waals surface area contributed by atoms with Gasteiger partial charge >= 0.3 is 11.9 Å². The lowest BCUT2D eigenvalue weighted by molar-refractivity contribution is -0.166. The highest BCUT2D eigenvalue weighted by atomic mass is 16.6. The Morgan fingerprint density at radius 3 is 2.33 bits per heavy atom. The molecule has 1 heterocycles. The first-order chi connectivity index (χ1) is 11.3. The first-order valence-electron chi connectivity index (χ1n) is 8.82. The SMILES string of the molecule is CC(=O)OC1C(c2cc(C)c(C)cc2C)C(=O)OC12CCCCC2. The number of carbonyl (C=O) groups is 2. The third-order valence-corrected chi connectivity index (χ3v) is 5.59. The molecule has 4 nitrogen and oxygen atoms in total. The molecule has 2 fully saturated rings. The van der Waals surface area contributed by atoms with Crippen molar-refractivity contribution in [1.29, 1.82) is 0 Å². The first-order valence-corrected chi connectivity index (χ1v) is 8.82. The molecule has 0 amide bonds. The molecular weight excluding hydrogens is 304 g/mol. The van der Waals surface area contributed by atoms with Crippen LogP contribution in [0.5, 0.6) is 0 Å². The van der Waals surface area contributed by atoms with Gasteiger partial charge in [-0.05, 0) is 68.7 Å². The second-order valence-corrected chi connectivity index (χ2v) is 7.35. The smallest absolute Gasteiger partial charge is 0.318 e. The van der Waals surface area contributed by atoms with Gasteiger partial charge in [0.05, 0.1) is 0 Å². The number of rotatable bonds is 2. The van der Waals surface area contributed by atoms with E-state index in [1.807, 2.05) is 13.8 Å². The van der Waals surface area contributed by atoms with Crippen LogP contribution >= 0.6 is 0 Å². The van der Waals surface area contributed by atoms with Crippen molar-refractivity contribution in [2.24, 2.45) is 0 Å². The lowest BCUT2D eigenvalue weighted by atomic mass is 9.76. The van der Waals surface area contributed by atoms with Crippen molar-refractivity contribution >= 4 is 11.9 Å². The molecule has 2 aliphatic rings. The molecule has 4 heteroatoms. The van der Waals surface area contributed by atoms with Gasteiger partial charge in [-0.3, -0.25) is 9.59 Å². The number of aryl methyl sites for hydroxylation is 3. The lowest BCUT2D eigenvalue weighted by Crippen LogP contribution is -2.45. The monoisotopic (exact) mass is 330 g/mol. The number of esters is 2. The largest absolute Gasteiger partial charge is 0.457 e. The van der Waals surface area contributed by atoms with Crippen LogP contribution < -0.4 is 0 Å². The van der Waals surface area contributed by atoms with E-state index in [0.717, 1.165) is 48.8 Å². The van der Waals surface area contributed by atoms with Gasteiger partial charge in [0.2, 0.25) is 0 Å². The van der Waals surface area contributed by atoms with Gasteiger partial charge in [-0.25, -0.2) is 0 Å². The molecule has 0 bridgehead atoms. The minimum atomic E-state index is -0.642. The van der Waals surface area contributed by atoms with Gasteiger partial charge < -0.3 is 9.47 Å². The van der Waals surface area contributed by atoms with Crippen LogP contribution in [0.2, 0.25) is 0 Å². The highest BCUT2D eigenvalue weighted by Crippen LogP contribution is 2.48. The highest BCUT2D eigenvalue weighted by Gasteiger charge is 2.58. The van der Waals surface area contributed by atoms with Crippen LogP contribution in [0, 0.1) is 20.8 Å². The molecule has 1 aromatic rings. The number of hydrogen-bond acceptors (Lipinski definition) is 4. The minimum absolute atomic E-state index is 0.255. The van der Waals surface area contributed by atoms with Gasteiger partial charge in [0.1, 0.15) is 11.5 Å². The fourth-order valence-electron chi connectivity index (χ4n) is 4.25. The summed E-state index contributed by atoms with van der Waals surface area (Å²) in [6, 6.07) is 4.14. The standard InChI is InChI=1S/C20H26O4/c1-12-10-14(3)16(11-13(12)2)17-18(23-15(4)21)20(24-19(17)22)8-6-5-7-9-20/h10-11,17-18H,5-9H2,1-4H3. The summed E-state index contributed by atoms with van der Waals surface area (Å²) in [5.74, 6) is -1.13. The Bertz CT molecular complexity index is 670. The number of hydrogen-bond donors (Lipinski definition) is 0. The van der Waals surface area contributed by atoms with Crippen LogP contribution in [-0.2, 0) is 19.1 Å². The Labute approximate surface area is 143 Å². The van der Waals surface area contributed by atoms with Crippen molar-refractivity contribution < 1.29 is 19.1 Å². The number of ether oxygens (including phenoxy) is 2. The first kappa shape index (κ1) is 17.0. The number of carbonyl (C=O) groups excluding carboxylic acids is 2. The maximum absolute atomic E-state index is 12.8. The third kappa shape index (κ3) is 2.83. The Morgan fingerprint density at radius 1 is 1.08 bits per heavy atom. The fraction of sp³-hybridized carbons (Fsp3) is 0.600. The third-order valence-electron chi connectivity index (χ3n) is 5.59. The van der Waals surface area contributed by atoms with Crippen molar-refractivity contribution in [3.63, 3.8) is 0 Å². The summed E-state index contributed by atoms with van der Waals surface area (Å²) < 4.78 is 11.6. The van der Waals surface area contributed by atoms with Gasteiger partial charge in [0, 0.05) is 6.92 Å². The van der Waals surface area contributed by atoms with Gasteiger partial charge in [0.25, 0.3) is 0 Å². The second-order valence-electron chi connectivity index (χ2n) is 7.35. The van der Waals surface area contributed by atoms with Gasteiger partial charge in [-0.1, -0.05) is 18.6 Å². The van der Waals surface area contributed by atoms with Gasteiger partial charge in [-0.15, -0.1) is 0 Å². The molecule has 0 N–H and O–H groups in total. The quantitative estimate of drug-likeness (QED) is 0.772. The van der Waals surface area contributed by atoms with Crippen molar-refractivity contribution in [2.75, 3.05) is 0 Å². The Balaban J connectivity index is 2.06. The molecule has 1 aliphatic carbocycles.